The summed E-state index contributed by atoms with van der Waals surface area (Å²) in [7, 11) is 0. The summed E-state index contributed by atoms with van der Waals surface area (Å²) in [4.78, 5) is 8.23. The first-order valence-corrected chi connectivity index (χ1v) is 6.16. The highest BCUT2D eigenvalue weighted by Gasteiger charge is 2.08. The Hall–Kier alpha value is -1.69. The Morgan fingerprint density at radius 3 is 2.56 bits per heavy atom. The van der Waals surface area contributed by atoms with Crippen LogP contribution in [-0.4, -0.2) is 9.97 Å². The lowest BCUT2D eigenvalue weighted by molar-refractivity contribution is 0.626. The highest BCUT2D eigenvalue weighted by atomic mass is 79.9. The van der Waals surface area contributed by atoms with Crippen molar-refractivity contribution < 1.29 is 4.39 Å². The Morgan fingerprint density at radius 1 is 1.28 bits per heavy atom. The number of rotatable bonds is 3. The van der Waals surface area contributed by atoms with E-state index in [-0.39, 0.29) is 11.9 Å². The largest absolute Gasteiger partial charge is 0.383 e. The number of nitrogens with zero attached hydrogens (tertiary/aromatic N) is 2. The van der Waals surface area contributed by atoms with E-state index in [0.717, 1.165) is 5.56 Å². The van der Waals surface area contributed by atoms with Crippen molar-refractivity contribution in [2.24, 2.45) is 0 Å². The summed E-state index contributed by atoms with van der Waals surface area (Å²) in [6.07, 6.45) is 0. The molecule has 0 amide bonds. The third-order valence-corrected chi connectivity index (χ3v) is 2.84. The number of aromatic nitrogens is 2. The van der Waals surface area contributed by atoms with Gasteiger partial charge < -0.3 is 11.1 Å². The summed E-state index contributed by atoms with van der Waals surface area (Å²) < 4.78 is 13.4. The Kier molecular flexibility index (Phi) is 3.76. The Balaban J connectivity index is 2.15. The summed E-state index contributed by atoms with van der Waals surface area (Å²) in [5, 5.41) is 3.10. The number of anilines is 2. The fourth-order valence-corrected chi connectivity index (χ4v) is 1.93. The van der Waals surface area contributed by atoms with Crippen LogP contribution in [0.5, 0.6) is 0 Å². The van der Waals surface area contributed by atoms with E-state index in [4.69, 9.17) is 5.73 Å². The van der Waals surface area contributed by atoms with Gasteiger partial charge in [0.05, 0.1) is 6.04 Å². The maximum Gasteiger partial charge on any atom is 0.226 e. The van der Waals surface area contributed by atoms with Crippen LogP contribution in [0.25, 0.3) is 0 Å². The Bertz CT molecular complexity index is 524. The fourth-order valence-electron chi connectivity index (χ4n) is 1.53. The fraction of sp³-hybridized carbons (Fsp3) is 0.167. The van der Waals surface area contributed by atoms with Gasteiger partial charge in [0, 0.05) is 6.07 Å². The molecule has 4 nitrogen and oxygen atoms in total. The molecule has 0 saturated carbocycles. The Labute approximate surface area is 113 Å². The summed E-state index contributed by atoms with van der Waals surface area (Å²) >= 11 is 3.25. The molecule has 0 aliphatic carbocycles. The van der Waals surface area contributed by atoms with Gasteiger partial charge in [0.15, 0.2) is 0 Å². The van der Waals surface area contributed by atoms with Crippen LogP contribution < -0.4 is 11.1 Å². The lowest BCUT2D eigenvalue weighted by Gasteiger charge is -2.14. The third-order valence-electron chi connectivity index (χ3n) is 2.43. The molecular formula is C12H12BrFN4. The monoisotopic (exact) mass is 310 g/mol. The van der Waals surface area contributed by atoms with Gasteiger partial charge in [0.2, 0.25) is 5.95 Å². The van der Waals surface area contributed by atoms with Gasteiger partial charge in [-0.05, 0) is 40.5 Å². The van der Waals surface area contributed by atoms with E-state index in [0.29, 0.717) is 16.4 Å². The van der Waals surface area contributed by atoms with Crippen LogP contribution in [0.2, 0.25) is 0 Å². The van der Waals surface area contributed by atoms with Crippen molar-refractivity contribution in [1.82, 2.24) is 9.97 Å². The van der Waals surface area contributed by atoms with Crippen molar-refractivity contribution in [3.63, 3.8) is 0 Å². The second-order valence-electron chi connectivity index (χ2n) is 3.86. The van der Waals surface area contributed by atoms with Crippen molar-refractivity contribution in [2.75, 3.05) is 11.1 Å². The zero-order valence-electron chi connectivity index (χ0n) is 9.69. The van der Waals surface area contributed by atoms with Crippen molar-refractivity contribution >= 4 is 27.7 Å². The van der Waals surface area contributed by atoms with E-state index in [1.807, 2.05) is 6.92 Å². The predicted octanol–water partition coefficient (Wildman–Crippen LogP) is 3.13. The van der Waals surface area contributed by atoms with E-state index >= 15 is 0 Å². The maximum atomic E-state index is 12.8. The molecule has 0 bridgehead atoms. The quantitative estimate of drug-likeness (QED) is 0.855. The Morgan fingerprint density at radius 2 is 1.94 bits per heavy atom. The number of nitrogen functional groups attached to an aromatic ring is 1. The van der Waals surface area contributed by atoms with Crippen LogP contribution in [0.1, 0.15) is 18.5 Å². The van der Waals surface area contributed by atoms with Gasteiger partial charge in [-0.3, -0.25) is 0 Å². The lowest BCUT2D eigenvalue weighted by Crippen LogP contribution is -2.10. The minimum Gasteiger partial charge on any atom is -0.383 e. The molecule has 0 aliphatic rings. The first-order valence-electron chi connectivity index (χ1n) is 5.36. The second kappa shape index (κ2) is 5.30. The molecule has 0 spiro atoms. The molecule has 0 fully saturated rings. The molecule has 0 radical (unpaired) electrons. The number of hydrogen-bond donors (Lipinski definition) is 2. The molecule has 6 heteroatoms. The van der Waals surface area contributed by atoms with E-state index < -0.39 is 0 Å². The van der Waals surface area contributed by atoms with Crippen LogP contribution >= 0.6 is 15.9 Å². The summed E-state index contributed by atoms with van der Waals surface area (Å²) in [6.45, 7) is 1.94. The number of hydrogen-bond acceptors (Lipinski definition) is 4. The summed E-state index contributed by atoms with van der Waals surface area (Å²) in [5.41, 5.74) is 6.57. The van der Waals surface area contributed by atoms with Gasteiger partial charge in [-0.2, -0.15) is 4.98 Å². The number of benzene rings is 1. The molecule has 1 heterocycles. The average Bonchev–Trinajstić information content (AvgIpc) is 2.28. The SMILES string of the molecule is CC(Nc1nc(N)cc(Br)n1)c1ccc(F)cc1. The van der Waals surface area contributed by atoms with Gasteiger partial charge in [-0.15, -0.1) is 0 Å². The summed E-state index contributed by atoms with van der Waals surface area (Å²) in [6, 6.07) is 7.85. The van der Waals surface area contributed by atoms with E-state index in [2.05, 4.69) is 31.2 Å². The molecule has 2 aromatic rings. The maximum absolute atomic E-state index is 12.8. The molecule has 1 aromatic heterocycles. The molecule has 2 rings (SSSR count). The van der Waals surface area contributed by atoms with Crippen molar-refractivity contribution in [3.05, 3.63) is 46.3 Å². The third kappa shape index (κ3) is 3.16. The van der Waals surface area contributed by atoms with Crippen LogP contribution in [0.4, 0.5) is 16.2 Å². The molecule has 1 aromatic carbocycles. The standard InChI is InChI=1S/C12H12BrFN4/c1-7(8-2-4-9(14)5-3-8)16-12-17-10(13)6-11(15)18-12/h2-7H,1H3,(H3,15,16,17,18). The van der Waals surface area contributed by atoms with Gasteiger partial charge in [0.1, 0.15) is 16.2 Å². The molecule has 1 atom stereocenters. The highest BCUT2D eigenvalue weighted by molar-refractivity contribution is 9.10. The number of nitrogens with one attached hydrogen (secondary N) is 1. The number of nitrogens with two attached hydrogens (primary N) is 1. The van der Waals surface area contributed by atoms with Crippen molar-refractivity contribution in [2.45, 2.75) is 13.0 Å². The van der Waals surface area contributed by atoms with Crippen LogP contribution in [-0.2, 0) is 0 Å². The molecule has 1 unspecified atom stereocenters. The zero-order valence-corrected chi connectivity index (χ0v) is 11.3. The smallest absolute Gasteiger partial charge is 0.226 e. The van der Waals surface area contributed by atoms with E-state index in [9.17, 15) is 4.39 Å². The minimum atomic E-state index is -0.256. The topological polar surface area (TPSA) is 63.8 Å². The second-order valence-corrected chi connectivity index (χ2v) is 4.67. The molecule has 94 valence electrons. The van der Waals surface area contributed by atoms with Gasteiger partial charge in [-0.25, -0.2) is 9.37 Å². The normalized spacial score (nSPS) is 12.2. The first kappa shape index (κ1) is 12.8. The zero-order chi connectivity index (χ0) is 13.1. The predicted molar refractivity (Wildman–Crippen MR) is 72.6 cm³/mol. The first-order chi connectivity index (χ1) is 8.54. The van der Waals surface area contributed by atoms with Crippen molar-refractivity contribution in [1.29, 1.82) is 0 Å². The minimum absolute atomic E-state index is 0.0423. The highest BCUT2D eigenvalue weighted by Crippen LogP contribution is 2.19. The van der Waals surface area contributed by atoms with Crippen LogP contribution in [0.3, 0.4) is 0 Å². The molecule has 0 saturated heterocycles. The van der Waals surface area contributed by atoms with Gasteiger partial charge in [0.25, 0.3) is 0 Å². The van der Waals surface area contributed by atoms with Gasteiger partial charge in [-0.1, -0.05) is 12.1 Å². The van der Waals surface area contributed by atoms with E-state index in [1.54, 1.807) is 18.2 Å². The van der Waals surface area contributed by atoms with E-state index in [1.165, 1.54) is 12.1 Å². The van der Waals surface area contributed by atoms with Crippen molar-refractivity contribution in [3.8, 4) is 0 Å². The molecule has 18 heavy (non-hydrogen) atoms. The molecule has 3 N–H and O–H groups in total. The van der Waals surface area contributed by atoms with Gasteiger partial charge >= 0.3 is 0 Å². The molecule has 0 aliphatic heterocycles. The van der Waals surface area contributed by atoms with Crippen LogP contribution in [0, 0.1) is 5.82 Å². The lowest BCUT2D eigenvalue weighted by atomic mass is 10.1. The number of halogens is 2. The molecular weight excluding hydrogens is 299 g/mol. The summed E-state index contributed by atoms with van der Waals surface area (Å²) in [5.74, 6) is 0.554. The van der Waals surface area contributed by atoms with Crippen LogP contribution in [0.15, 0.2) is 34.9 Å². The average molecular weight is 311 g/mol.